The van der Waals surface area contributed by atoms with Gasteiger partial charge in [-0.3, -0.25) is 4.79 Å². The van der Waals surface area contributed by atoms with Crippen LogP contribution in [-0.4, -0.2) is 14.0 Å². The third kappa shape index (κ3) is 3.49. The summed E-state index contributed by atoms with van der Waals surface area (Å²) in [5.41, 5.74) is 1.08. The Labute approximate surface area is 99.1 Å². The van der Waals surface area contributed by atoms with Gasteiger partial charge in [-0.2, -0.15) is 0 Å². The summed E-state index contributed by atoms with van der Waals surface area (Å²) in [5.74, 6) is 0.174. The number of carbonyl (C=O) groups excluding carboxylic acids is 1. The minimum Gasteiger partial charge on any atom is -0.326 e. The normalized spacial score (nSPS) is 13.2. The fourth-order valence-corrected chi connectivity index (χ4v) is 4.03. The zero-order chi connectivity index (χ0) is 12.2. The highest BCUT2D eigenvalue weighted by Gasteiger charge is 2.31. The van der Waals surface area contributed by atoms with Gasteiger partial charge in [-0.25, -0.2) is 0 Å². The number of nitrogens with one attached hydrogen (secondary N) is 1. The van der Waals surface area contributed by atoms with Crippen molar-refractivity contribution >= 4 is 19.7 Å². The molecule has 0 aromatic heterocycles. The average Bonchev–Trinajstić information content (AvgIpc) is 2.17. The lowest BCUT2D eigenvalue weighted by molar-refractivity contribution is -0.116. The molecule has 2 nitrogen and oxygen atoms in total. The minimum absolute atomic E-state index is 0.174. The van der Waals surface area contributed by atoms with Gasteiger partial charge in [0.2, 0.25) is 5.91 Å². The second-order valence-corrected chi connectivity index (χ2v) is 10.6. The SMILES string of the molecule is CCC(C(=O)Nc1ccccc1)[Si](C)(C)C. The second kappa shape index (κ2) is 5.30. The van der Waals surface area contributed by atoms with Crippen LogP contribution in [0, 0.1) is 0 Å². The average molecular weight is 235 g/mol. The van der Waals surface area contributed by atoms with Gasteiger partial charge in [0.15, 0.2) is 0 Å². The summed E-state index contributed by atoms with van der Waals surface area (Å²) in [7, 11) is -1.42. The number of hydrogen-bond acceptors (Lipinski definition) is 1. The molecule has 0 aliphatic rings. The van der Waals surface area contributed by atoms with Crippen molar-refractivity contribution in [2.24, 2.45) is 0 Å². The Kier molecular flexibility index (Phi) is 4.30. The van der Waals surface area contributed by atoms with Crippen molar-refractivity contribution in [1.29, 1.82) is 0 Å². The summed E-state index contributed by atoms with van der Waals surface area (Å²) in [5, 5.41) is 3.00. The van der Waals surface area contributed by atoms with Crippen LogP contribution in [0.25, 0.3) is 0 Å². The predicted octanol–water partition coefficient (Wildman–Crippen LogP) is 3.74. The van der Waals surface area contributed by atoms with Crippen molar-refractivity contribution in [3.8, 4) is 0 Å². The van der Waals surface area contributed by atoms with Gasteiger partial charge in [0, 0.05) is 11.2 Å². The fraction of sp³-hybridized carbons (Fsp3) is 0.462. The molecule has 16 heavy (non-hydrogen) atoms. The highest BCUT2D eigenvalue weighted by Crippen LogP contribution is 2.26. The minimum atomic E-state index is -1.42. The molecule has 0 fully saturated rings. The van der Waals surface area contributed by atoms with E-state index in [9.17, 15) is 4.79 Å². The summed E-state index contributed by atoms with van der Waals surface area (Å²) in [4.78, 5) is 12.1. The van der Waals surface area contributed by atoms with E-state index in [-0.39, 0.29) is 11.4 Å². The summed E-state index contributed by atoms with van der Waals surface area (Å²) in [6.45, 7) is 8.82. The lowest BCUT2D eigenvalue weighted by atomic mass is 10.2. The van der Waals surface area contributed by atoms with Gasteiger partial charge in [-0.1, -0.05) is 44.8 Å². The molecule has 0 aliphatic heterocycles. The molecule has 0 aliphatic carbocycles. The van der Waals surface area contributed by atoms with Crippen molar-refractivity contribution in [2.45, 2.75) is 38.5 Å². The first-order valence-corrected chi connectivity index (χ1v) is 9.38. The predicted molar refractivity (Wildman–Crippen MR) is 72.5 cm³/mol. The fourth-order valence-electron chi connectivity index (χ4n) is 1.94. The first-order valence-electron chi connectivity index (χ1n) is 5.81. The molecule has 1 unspecified atom stereocenters. The standard InChI is InChI=1S/C13H21NOSi/c1-5-12(16(2,3)4)13(15)14-11-9-7-6-8-10-11/h6-10,12H,5H2,1-4H3,(H,14,15). The quantitative estimate of drug-likeness (QED) is 0.791. The zero-order valence-electron chi connectivity index (χ0n) is 10.6. The molecule has 0 radical (unpaired) electrons. The molecule has 3 heteroatoms. The third-order valence-electron chi connectivity index (χ3n) is 2.81. The Balaban J connectivity index is 2.71. The van der Waals surface area contributed by atoms with E-state index in [1.54, 1.807) is 0 Å². The van der Waals surface area contributed by atoms with E-state index in [1.165, 1.54) is 0 Å². The maximum Gasteiger partial charge on any atom is 0.224 e. The molecule has 1 aromatic carbocycles. The number of benzene rings is 1. The number of carbonyl (C=O) groups is 1. The lowest BCUT2D eigenvalue weighted by Crippen LogP contribution is -2.36. The molecule has 1 rings (SSSR count). The van der Waals surface area contributed by atoms with Crippen LogP contribution in [0.15, 0.2) is 30.3 Å². The Hall–Kier alpha value is -1.09. The Bertz CT molecular complexity index is 343. The van der Waals surface area contributed by atoms with E-state index in [0.717, 1.165) is 12.1 Å². The molecule has 0 saturated heterocycles. The molecule has 0 spiro atoms. The number of hydrogen-bond donors (Lipinski definition) is 1. The maximum absolute atomic E-state index is 12.1. The first kappa shape index (κ1) is 13.0. The smallest absolute Gasteiger partial charge is 0.224 e. The van der Waals surface area contributed by atoms with Crippen LogP contribution < -0.4 is 5.32 Å². The molecule has 1 aromatic rings. The van der Waals surface area contributed by atoms with Crippen molar-refractivity contribution in [2.75, 3.05) is 5.32 Å². The van der Waals surface area contributed by atoms with Gasteiger partial charge in [-0.15, -0.1) is 0 Å². The monoisotopic (exact) mass is 235 g/mol. The molecular formula is C13H21NOSi. The number of anilines is 1. The van der Waals surface area contributed by atoms with E-state index in [1.807, 2.05) is 30.3 Å². The summed E-state index contributed by atoms with van der Waals surface area (Å²) in [6.07, 6.45) is 0.925. The van der Waals surface area contributed by atoms with Crippen LogP contribution in [0.5, 0.6) is 0 Å². The molecule has 1 atom stereocenters. The van der Waals surface area contributed by atoms with Crippen LogP contribution in [0.1, 0.15) is 13.3 Å². The molecule has 88 valence electrons. The van der Waals surface area contributed by atoms with E-state index in [2.05, 4.69) is 31.9 Å². The lowest BCUT2D eigenvalue weighted by Gasteiger charge is -2.26. The van der Waals surface area contributed by atoms with Crippen molar-refractivity contribution in [3.05, 3.63) is 30.3 Å². The molecule has 0 heterocycles. The van der Waals surface area contributed by atoms with Crippen molar-refractivity contribution in [1.82, 2.24) is 0 Å². The topological polar surface area (TPSA) is 29.1 Å². The Morgan fingerprint density at radius 1 is 1.25 bits per heavy atom. The van der Waals surface area contributed by atoms with Gasteiger partial charge < -0.3 is 5.32 Å². The van der Waals surface area contributed by atoms with Crippen LogP contribution in [0.3, 0.4) is 0 Å². The number of para-hydroxylation sites is 1. The van der Waals surface area contributed by atoms with Crippen LogP contribution in [0.4, 0.5) is 5.69 Å². The summed E-state index contributed by atoms with van der Waals surface area (Å²) >= 11 is 0. The van der Waals surface area contributed by atoms with Gasteiger partial charge in [0.05, 0.1) is 8.07 Å². The maximum atomic E-state index is 12.1. The van der Waals surface area contributed by atoms with Crippen molar-refractivity contribution < 1.29 is 4.79 Å². The summed E-state index contributed by atoms with van der Waals surface area (Å²) < 4.78 is 0. The Morgan fingerprint density at radius 3 is 2.25 bits per heavy atom. The van der Waals surface area contributed by atoms with Gasteiger partial charge >= 0.3 is 0 Å². The summed E-state index contributed by atoms with van der Waals surface area (Å²) in [6, 6.07) is 9.67. The van der Waals surface area contributed by atoms with Gasteiger partial charge in [0.1, 0.15) is 0 Å². The van der Waals surface area contributed by atoms with Crippen molar-refractivity contribution in [3.63, 3.8) is 0 Å². The van der Waals surface area contributed by atoms with Gasteiger partial charge in [0.25, 0.3) is 0 Å². The van der Waals surface area contributed by atoms with E-state index in [4.69, 9.17) is 0 Å². The number of rotatable bonds is 4. The van der Waals surface area contributed by atoms with E-state index in [0.29, 0.717) is 0 Å². The largest absolute Gasteiger partial charge is 0.326 e. The van der Waals surface area contributed by atoms with E-state index >= 15 is 0 Å². The highest BCUT2D eigenvalue weighted by atomic mass is 28.3. The molecular weight excluding hydrogens is 214 g/mol. The van der Waals surface area contributed by atoms with E-state index < -0.39 is 8.07 Å². The Morgan fingerprint density at radius 2 is 1.81 bits per heavy atom. The third-order valence-corrected chi connectivity index (χ3v) is 5.57. The second-order valence-electron chi connectivity index (χ2n) is 5.18. The molecule has 0 bridgehead atoms. The van der Waals surface area contributed by atoms with Gasteiger partial charge in [-0.05, 0) is 18.6 Å². The zero-order valence-corrected chi connectivity index (χ0v) is 11.6. The van der Waals surface area contributed by atoms with Crippen LogP contribution in [0.2, 0.25) is 25.2 Å². The van der Waals surface area contributed by atoms with Crippen LogP contribution in [-0.2, 0) is 4.79 Å². The molecule has 0 saturated carbocycles. The molecule has 1 amide bonds. The molecule has 1 N–H and O–H groups in total. The van der Waals surface area contributed by atoms with Crippen LogP contribution >= 0.6 is 0 Å². The first-order chi connectivity index (χ1) is 7.45. The highest BCUT2D eigenvalue weighted by molar-refractivity contribution is 6.80. The number of amides is 1.